The van der Waals surface area contributed by atoms with Gasteiger partial charge in [-0.15, -0.1) is 0 Å². The lowest BCUT2D eigenvalue weighted by molar-refractivity contribution is -0.137. The molecule has 1 heterocycles. The normalized spacial score (nSPS) is 13.6. The Morgan fingerprint density at radius 1 is 1.38 bits per heavy atom. The number of pyridine rings is 1. The average molecular weight is 233 g/mol. The third-order valence-corrected chi connectivity index (χ3v) is 2.28. The molecule has 0 fully saturated rings. The van der Waals surface area contributed by atoms with Gasteiger partial charge in [-0.25, -0.2) is 4.98 Å². The summed E-state index contributed by atoms with van der Waals surface area (Å²) in [6, 6.07) is 2.21. The largest absolute Gasteiger partial charge is 0.477 e. The summed E-state index contributed by atoms with van der Waals surface area (Å²) in [5, 5.41) is 0. The molecule has 1 unspecified atom stereocenters. The second-order valence-electron chi connectivity index (χ2n) is 3.71. The standard InChI is InChI=1S/C11H14F3NO/c1-3-8(2)7-16-10-5-4-9(6-15-10)11(12,13)14/h4-6,8H,3,7H2,1-2H3. The van der Waals surface area contributed by atoms with Crippen LogP contribution in [0.1, 0.15) is 25.8 Å². The number of hydrogen-bond donors (Lipinski definition) is 0. The summed E-state index contributed by atoms with van der Waals surface area (Å²) in [6.07, 6.45) is -2.60. The van der Waals surface area contributed by atoms with Crippen LogP contribution >= 0.6 is 0 Å². The van der Waals surface area contributed by atoms with Crippen LogP contribution in [0.5, 0.6) is 5.88 Å². The van der Waals surface area contributed by atoms with Crippen molar-refractivity contribution in [3.05, 3.63) is 23.9 Å². The Bertz CT molecular complexity index is 321. The summed E-state index contributed by atoms with van der Waals surface area (Å²) in [6.45, 7) is 4.49. The van der Waals surface area contributed by atoms with Crippen LogP contribution in [0.2, 0.25) is 0 Å². The number of nitrogens with zero attached hydrogens (tertiary/aromatic N) is 1. The van der Waals surface area contributed by atoms with Crippen molar-refractivity contribution in [2.24, 2.45) is 5.92 Å². The lowest BCUT2D eigenvalue weighted by atomic mass is 10.1. The third-order valence-electron chi connectivity index (χ3n) is 2.28. The molecular weight excluding hydrogens is 219 g/mol. The molecule has 1 atom stereocenters. The minimum atomic E-state index is -4.34. The van der Waals surface area contributed by atoms with E-state index in [9.17, 15) is 13.2 Å². The van der Waals surface area contributed by atoms with Gasteiger partial charge >= 0.3 is 6.18 Å². The van der Waals surface area contributed by atoms with E-state index in [-0.39, 0.29) is 5.88 Å². The topological polar surface area (TPSA) is 22.1 Å². The van der Waals surface area contributed by atoms with Crippen LogP contribution in [0, 0.1) is 5.92 Å². The second kappa shape index (κ2) is 5.18. The molecule has 0 aromatic carbocycles. The van der Waals surface area contributed by atoms with Crippen molar-refractivity contribution in [1.29, 1.82) is 0 Å². The summed E-state index contributed by atoms with van der Waals surface area (Å²) in [5.41, 5.74) is -0.761. The Morgan fingerprint density at radius 2 is 2.06 bits per heavy atom. The minimum Gasteiger partial charge on any atom is -0.477 e. The predicted octanol–water partition coefficient (Wildman–Crippen LogP) is 3.53. The number of rotatable bonds is 4. The first kappa shape index (κ1) is 12.8. The van der Waals surface area contributed by atoms with Crippen LogP contribution in [-0.4, -0.2) is 11.6 Å². The molecule has 0 amide bonds. The van der Waals surface area contributed by atoms with Gasteiger partial charge in [0.2, 0.25) is 5.88 Å². The summed E-state index contributed by atoms with van der Waals surface area (Å²) in [7, 11) is 0. The fraction of sp³-hybridized carbons (Fsp3) is 0.545. The Balaban J connectivity index is 2.58. The van der Waals surface area contributed by atoms with E-state index in [1.807, 2.05) is 13.8 Å². The van der Waals surface area contributed by atoms with Crippen molar-refractivity contribution in [1.82, 2.24) is 4.98 Å². The molecule has 0 aliphatic carbocycles. The van der Waals surface area contributed by atoms with E-state index in [0.717, 1.165) is 18.7 Å². The number of alkyl halides is 3. The highest BCUT2D eigenvalue weighted by atomic mass is 19.4. The van der Waals surface area contributed by atoms with Crippen LogP contribution in [-0.2, 0) is 6.18 Å². The Hall–Kier alpha value is -1.26. The molecule has 90 valence electrons. The molecule has 0 spiro atoms. The van der Waals surface area contributed by atoms with E-state index in [2.05, 4.69) is 4.98 Å². The Labute approximate surface area is 92.5 Å². The SMILES string of the molecule is CCC(C)COc1ccc(C(F)(F)F)cn1. The first-order valence-electron chi connectivity index (χ1n) is 5.09. The minimum absolute atomic E-state index is 0.230. The smallest absolute Gasteiger partial charge is 0.417 e. The Morgan fingerprint density at radius 3 is 2.50 bits per heavy atom. The highest BCUT2D eigenvalue weighted by Crippen LogP contribution is 2.29. The molecule has 2 nitrogen and oxygen atoms in total. The molecule has 0 saturated heterocycles. The molecule has 0 bridgehead atoms. The van der Waals surface area contributed by atoms with Gasteiger partial charge in [0.05, 0.1) is 12.2 Å². The van der Waals surface area contributed by atoms with Crippen LogP contribution in [0.3, 0.4) is 0 Å². The maximum absolute atomic E-state index is 12.2. The zero-order chi connectivity index (χ0) is 12.2. The van der Waals surface area contributed by atoms with Crippen molar-refractivity contribution < 1.29 is 17.9 Å². The first-order chi connectivity index (χ1) is 7.43. The molecule has 0 aliphatic rings. The fourth-order valence-electron chi connectivity index (χ4n) is 0.979. The maximum atomic E-state index is 12.2. The molecular formula is C11H14F3NO. The van der Waals surface area contributed by atoms with Gasteiger partial charge in [0.25, 0.3) is 0 Å². The summed E-state index contributed by atoms with van der Waals surface area (Å²) in [4.78, 5) is 3.61. The molecule has 0 N–H and O–H groups in total. The molecule has 0 aliphatic heterocycles. The predicted molar refractivity (Wildman–Crippen MR) is 54.2 cm³/mol. The van der Waals surface area contributed by atoms with Gasteiger partial charge < -0.3 is 4.74 Å². The van der Waals surface area contributed by atoms with Crippen molar-refractivity contribution in [3.63, 3.8) is 0 Å². The van der Waals surface area contributed by atoms with Crippen LogP contribution in [0.4, 0.5) is 13.2 Å². The average Bonchev–Trinajstić information content (AvgIpc) is 2.25. The van der Waals surface area contributed by atoms with Gasteiger partial charge in [0.1, 0.15) is 0 Å². The van der Waals surface area contributed by atoms with E-state index in [1.165, 1.54) is 6.07 Å². The zero-order valence-electron chi connectivity index (χ0n) is 9.21. The van der Waals surface area contributed by atoms with E-state index >= 15 is 0 Å². The van der Waals surface area contributed by atoms with Crippen molar-refractivity contribution >= 4 is 0 Å². The van der Waals surface area contributed by atoms with Gasteiger partial charge in [-0.2, -0.15) is 13.2 Å². The van der Waals surface area contributed by atoms with Crippen molar-refractivity contribution in [3.8, 4) is 5.88 Å². The first-order valence-corrected chi connectivity index (χ1v) is 5.09. The van der Waals surface area contributed by atoms with Crippen LogP contribution < -0.4 is 4.74 Å². The summed E-state index contributed by atoms with van der Waals surface area (Å²) < 4.78 is 41.9. The number of halogens is 3. The van der Waals surface area contributed by atoms with Gasteiger partial charge in [-0.3, -0.25) is 0 Å². The highest BCUT2D eigenvalue weighted by Gasteiger charge is 2.30. The third kappa shape index (κ3) is 3.72. The molecule has 0 saturated carbocycles. The number of hydrogen-bond acceptors (Lipinski definition) is 2. The van der Waals surface area contributed by atoms with Crippen molar-refractivity contribution in [2.75, 3.05) is 6.61 Å². The second-order valence-corrected chi connectivity index (χ2v) is 3.71. The van der Waals surface area contributed by atoms with Gasteiger partial charge in [-0.1, -0.05) is 20.3 Å². The molecule has 1 aromatic heterocycles. The van der Waals surface area contributed by atoms with E-state index in [0.29, 0.717) is 12.5 Å². The van der Waals surface area contributed by atoms with Gasteiger partial charge in [-0.05, 0) is 12.0 Å². The monoisotopic (exact) mass is 233 g/mol. The quantitative estimate of drug-likeness (QED) is 0.793. The molecule has 1 rings (SSSR count). The maximum Gasteiger partial charge on any atom is 0.417 e. The summed E-state index contributed by atoms with van der Waals surface area (Å²) in [5.74, 6) is 0.595. The van der Waals surface area contributed by atoms with Crippen LogP contribution in [0.15, 0.2) is 18.3 Å². The van der Waals surface area contributed by atoms with Gasteiger partial charge in [0, 0.05) is 12.3 Å². The molecule has 0 radical (unpaired) electrons. The Kier molecular flexibility index (Phi) is 4.15. The molecule has 16 heavy (non-hydrogen) atoms. The van der Waals surface area contributed by atoms with E-state index in [4.69, 9.17) is 4.74 Å². The van der Waals surface area contributed by atoms with Crippen LogP contribution in [0.25, 0.3) is 0 Å². The van der Waals surface area contributed by atoms with E-state index in [1.54, 1.807) is 0 Å². The van der Waals surface area contributed by atoms with Gasteiger partial charge in [0.15, 0.2) is 0 Å². The summed E-state index contributed by atoms with van der Waals surface area (Å²) >= 11 is 0. The highest BCUT2D eigenvalue weighted by molar-refractivity contribution is 5.20. The zero-order valence-corrected chi connectivity index (χ0v) is 9.21. The van der Waals surface area contributed by atoms with Crippen molar-refractivity contribution in [2.45, 2.75) is 26.4 Å². The number of aromatic nitrogens is 1. The lowest BCUT2D eigenvalue weighted by Gasteiger charge is -2.11. The molecule has 1 aromatic rings. The number of ether oxygens (including phenoxy) is 1. The fourth-order valence-corrected chi connectivity index (χ4v) is 0.979. The van der Waals surface area contributed by atoms with E-state index < -0.39 is 11.7 Å². The lowest BCUT2D eigenvalue weighted by Crippen LogP contribution is -2.09. The molecule has 5 heteroatoms.